The van der Waals surface area contributed by atoms with Crippen molar-refractivity contribution in [1.29, 1.82) is 0 Å². The van der Waals surface area contributed by atoms with E-state index in [4.69, 9.17) is 4.74 Å². The smallest absolute Gasteiger partial charge is 0.189 e. The normalized spacial score (nSPS) is 20.9. The van der Waals surface area contributed by atoms with E-state index in [1.165, 1.54) is 37.7 Å². The number of ether oxygens (including phenoxy) is 1. The molecule has 0 saturated heterocycles. The average molecular weight is 300 g/mol. The van der Waals surface area contributed by atoms with Crippen LogP contribution < -0.4 is 0 Å². The van der Waals surface area contributed by atoms with Gasteiger partial charge in [0.15, 0.2) is 5.79 Å². The molecule has 0 saturated carbocycles. The molecule has 2 heteroatoms. The molecule has 1 unspecified atom stereocenters. The van der Waals surface area contributed by atoms with Crippen molar-refractivity contribution in [1.82, 2.24) is 0 Å². The van der Waals surface area contributed by atoms with E-state index < -0.39 is 5.79 Å². The van der Waals surface area contributed by atoms with E-state index in [1.807, 2.05) is 24.3 Å². The second-order valence-electron chi connectivity index (χ2n) is 6.02. The molecule has 0 amide bonds. The molecule has 1 atom stereocenters. The highest BCUT2D eigenvalue weighted by Gasteiger charge is 2.25. The fraction of sp³-hybridized carbons (Fsp3) is 0.500. The maximum Gasteiger partial charge on any atom is 0.189 e. The van der Waals surface area contributed by atoms with Gasteiger partial charge in [-0.2, -0.15) is 0 Å². The lowest BCUT2D eigenvalue weighted by atomic mass is 9.96. The predicted octanol–water partition coefficient (Wildman–Crippen LogP) is 5.10. The first-order valence-corrected chi connectivity index (χ1v) is 8.55. The Bertz CT molecular complexity index is 490. The molecule has 0 aromatic heterocycles. The second kappa shape index (κ2) is 8.92. The van der Waals surface area contributed by atoms with Gasteiger partial charge in [-0.3, -0.25) is 0 Å². The van der Waals surface area contributed by atoms with Crippen molar-refractivity contribution in [2.75, 3.05) is 6.61 Å². The van der Waals surface area contributed by atoms with Crippen LogP contribution in [0.3, 0.4) is 0 Å². The number of rotatable bonds is 9. The molecule has 1 aliphatic carbocycles. The van der Waals surface area contributed by atoms with Crippen molar-refractivity contribution in [3.63, 3.8) is 0 Å². The first-order chi connectivity index (χ1) is 10.7. The maximum atomic E-state index is 10.4. The van der Waals surface area contributed by atoms with Gasteiger partial charge in [0.1, 0.15) is 0 Å². The standard InChI is InChI=1S/C20H28O2/c1-2-3-4-5-6-10-17-22-20(21)15-13-19(14-16-20)18-11-8-7-9-12-18/h7-9,11-15,21H,2-6,10,16-17H2,1H3. The predicted molar refractivity (Wildman–Crippen MR) is 92.5 cm³/mol. The summed E-state index contributed by atoms with van der Waals surface area (Å²) in [7, 11) is 0. The van der Waals surface area contributed by atoms with Crippen LogP contribution in [-0.4, -0.2) is 17.5 Å². The van der Waals surface area contributed by atoms with E-state index in [0.29, 0.717) is 13.0 Å². The monoisotopic (exact) mass is 300 g/mol. The number of allylic oxidation sites excluding steroid dienone is 2. The third kappa shape index (κ3) is 5.43. The first kappa shape index (κ1) is 17.0. The zero-order valence-electron chi connectivity index (χ0n) is 13.6. The van der Waals surface area contributed by atoms with Crippen molar-refractivity contribution in [2.24, 2.45) is 0 Å². The molecule has 1 aromatic carbocycles. The van der Waals surface area contributed by atoms with Crippen LogP contribution >= 0.6 is 0 Å². The lowest BCUT2D eigenvalue weighted by molar-refractivity contribution is -0.165. The molecule has 1 N–H and O–H groups in total. The Morgan fingerprint density at radius 3 is 2.45 bits per heavy atom. The average Bonchev–Trinajstić information content (AvgIpc) is 2.55. The number of aliphatic hydroxyl groups is 1. The van der Waals surface area contributed by atoms with Gasteiger partial charge in [0.05, 0.1) is 6.61 Å². The van der Waals surface area contributed by atoms with Crippen LogP contribution in [-0.2, 0) is 4.74 Å². The zero-order valence-corrected chi connectivity index (χ0v) is 13.6. The summed E-state index contributed by atoms with van der Waals surface area (Å²) in [5.74, 6) is -1.12. The zero-order chi connectivity index (χ0) is 15.7. The van der Waals surface area contributed by atoms with Gasteiger partial charge < -0.3 is 9.84 Å². The van der Waals surface area contributed by atoms with Crippen LogP contribution in [0.15, 0.2) is 48.6 Å². The van der Waals surface area contributed by atoms with Gasteiger partial charge in [0, 0.05) is 6.42 Å². The SMILES string of the molecule is CCCCCCCCOC1(O)C=CC(c2ccccc2)=CC1. The molecule has 2 rings (SSSR count). The number of unbranched alkanes of at least 4 members (excludes halogenated alkanes) is 5. The Morgan fingerprint density at radius 2 is 1.77 bits per heavy atom. The molecule has 0 aliphatic heterocycles. The number of benzene rings is 1. The Hall–Kier alpha value is -1.38. The molecule has 0 heterocycles. The summed E-state index contributed by atoms with van der Waals surface area (Å²) in [6.45, 7) is 2.85. The van der Waals surface area contributed by atoms with Crippen LogP contribution in [0.1, 0.15) is 57.4 Å². The van der Waals surface area contributed by atoms with E-state index in [1.54, 1.807) is 6.08 Å². The molecular formula is C20H28O2. The minimum atomic E-state index is -1.12. The quantitative estimate of drug-likeness (QED) is 0.508. The minimum absolute atomic E-state index is 0.517. The van der Waals surface area contributed by atoms with Gasteiger partial charge in [0.25, 0.3) is 0 Å². The van der Waals surface area contributed by atoms with Gasteiger partial charge in [0.2, 0.25) is 0 Å². The first-order valence-electron chi connectivity index (χ1n) is 8.55. The highest BCUT2D eigenvalue weighted by atomic mass is 16.6. The van der Waals surface area contributed by atoms with Crippen LogP contribution in [0, 0.1) is 0 Å². The molecular weight excluding hydrogens is 272 g/mol. The highest BCUT2D eigenvalue weighted by molar-refractivity contribution is 5.75. The minimum Gasteiger partial charge on any atom is -0.362 e. The Morgan fingerprint density at radius 1 is 1.05 bits per heavy atom. The van der Waals surface area contributed by atoms with Crippen molar-refractivity contribution in [2.45, 2.75) is 57.7 Å². The van der Waals surface area contributed by atoms with Crippen LogP contribution in [0.4, 0.5) is 0 Å². The maximum absolute atomic E-state index is 10.4. The summed E-state index contributed by atoms with van der Waals surface area (Å²) in [4.78, 5) is 0. The van der Waals surface area contributed by atoms with E-state index in [-0.39, 0.29) is 0 Å². The van der Waals surface area contributed by atoms with E-state index in [0.717, 1.165) is 12.0 Å². The number of hydrogen-bond donors (Lipinski definition) is 1. The van der Waals surface area contributed by atoms with Crippen molar-refractivity contribution in [3.05, 3.63) is 54.1 Å². The molecule has 0 radical (unpaired) electrons. The third-order valence-corrected chi connectivity index (χ3v) is 4.09. The van der Waals surface area contributed by atoms with E-state index in [9.17, 15) is 5.11 Å². The largest absolute Gasteiger partial charge is 0.362 e. The van der Waals surface area contributed by atoms with Crippen LogP contribution in [0.5, 0.6) is 0 Å². The number of hydrogen-bond acceptors (Lipinski definition) is 2. The van der Waals surface area contributed by atoms with Gasteiger partial charge in [-0.1, -0.05) is 81.5 Å². The van der Waals surface area contributed by atoms with Crippen molar-refractivity contribution in [3.8, 4) is 0 Å². The molecule has 0 bridgehead atoms. The van der Waals surface area contributed by atoms with Crippen molar-refractivity contribution >= 4 is 5.57 Å². The molecule has 1 aromatic rings. The molecule has 22 heavy (non-hydrogen) atoms. The fourth-order valence-electron chi connectivity index (χ4n) is 2.70. The second-order valence-corrected chi connectivity index (χ2v) is 6.02. The van der Waals surface area contributed by atoms with Crippen LogP contribution in [0.2, 0.25) is 0 Å². The summed E-state index contributed by atoms with van der Waals surface area (Å²) in [5, 5.41) is 10.4. The third-order valence-electron chi connectivity index (χ3n) is 4.09. The summed E-state index contributed by atoms with van der Waals surface area (Å²) in [6, 6.07) is 10.2. The van der Waals surface area contributed by atoms with Gasteiger partial charge in [-0.25, -0.2) is 0 Å². The fourth-order valence-corrected chi connectivity index (χ4v) is 2.70. The van der Waals surface area contributed by atoms with E-state index >= 15 is 0 Å². The molecule has 0 fully saturated rings. The molecule has 2 nitrogen and oxygen atoms in total. The molecule has 1 aliphatic rings. The summed E-state index contributed by atoms with van der Waals surface area (Å²) < 4.78 is 5.69. The van der Waals surface area contributed by atoms with Gasteiger partial charge >= 0.3 is 0 Å². The van der Waals surface area contributed by atoms with Crippen LogP contribution in [0.25, 0.3) is 5.57 Å². The Labute approximate surface area is 134 Å². The highest BCUT2D eigenvalue weighted by Crippen LogP contribution is 2.27. The van der Waals surface area contributed by atoms with E-state index in [2.05, 4.69) is 25.1 Å². The molecule has 0 spiro atoms. The van der Waals surface area contributed by atoms with Crippen molar-refractivity contribution < 1.29 is 9.84 Å². The topological polar surface area (TPSA) is 29.5 Å². The Kier molecular flexibility index (Phi) is 6.88. The Balaban J connectivity index is 1.71. The van der Waals surface area contributed by atoms with Gasteiger partial charge in [-0.15, -0.1) is 0 Å². The lowest BCUT2D eigenvalue weighted by Gasteiger charge is -2.27. The lowest BCUT2D eigenvalue weighted by Crippen LogP contribution is -2.31. The molecule has 120 valence electrons. The van der Waals surface area contributed by atoms with Gasteiger partial charge in [-0.05, 0) is 23.6 Å². The summed E-state index contributed by atoms with van der Waals surface area (Å²) in [6.07, 6.45) is 13.7. The summed E-state index contributed by atoms with van der Waals surface area (Å²) >= 11 is 0. The summed E-state index contributed by atoms with van der Waals surface area (Å²) in [5.41, 5.74) is 2.32.